The molecule has 194 valence electrons. The quantitative estimate of drug-likeness (QED) is 0.439. The first-order chi connectivity index (χ1) is 17.8. The van der Waals surface area contributed by atoms with E-state index in [1.54, 1.807) is 42.5 Å². The van der Waals surface area contributed by atoms with E-state index in [2.05, 4.69) is 4.72 Å². The molecule has 3 aromatic rings. The zero-order chi connectivity index (χ0) is 26.3. The fourth-order valence-corrected chi connectivity index (χ4v) is 5.44. The number of nitrogens with one attached hydrogen (secondary N) is 1. The van der Waals surface area contributed by atoms with Crippen LogP contribution < -0.4 is 9.46 Å². The van der Waals surface area contributed by atoms with Gasteiger partial charge in [-0.15, -0.1) is 0 Å². The number of carbonyl (C=O) groups is 2. The fraction of sp³-hybridized carbons (Fsp3) is 0.259. The van der Waals surface area contributed by atoms with Crippen molar-refractivity contribution >= 4 is 33.6 Å². The number of hydrogen-bond donors (Lipinski definition) is 1. The van der Waals surface area contributed by atoms with E-state index in [4.69, 9.17) is 21.1 Å². The largest absolute Gasteiger partial charge is 0.488 e. The summed E-state index contributed by atoms with van der Waals surface area (Å²) >= 11 is 5.91. The fourth-order valence-electron chi connectivity index (χ4n) is 3.95. The number of para-hydroxylation sites is 1. The molecule has 1 heterocycles. The summed E-state index contributed by atoms with van der Waals surface area (Å²) in [6, 6.07) is 22.8. The van der Waals surface area contributed by atoms with Gasteiger partial charge in [0.1, 0.15) is 19.0 Å². The third-order valence-electron chi connectivity index (χ3n) is 6.02. The maximum atomic E-state index is 13.0. The number of hydrogen-bond acceptors (Lipinski definition) is 6. The van der Waals surface area contributed by atoms with Crippen molar-refractivity contribution in [2.24, 2.45) is 0 Å². The van der Waals surface area contributed by atoms with Gasteiger partial charge < -0.3 is 14.4 Å². The van der Waals surface area contributed by atoms with E-state index in [-0.39, 0.29) is 50.5 Å². The number of carbonyl (C=O) groups excluding carboxylic acids is 2. The molecule has 0 radical (unpaired) electrons. The summed E-state index contributed by atoms with van der Waals surface area (Å²) in [5.41, 5.74) is 1.83. The summed E-state index contributed by atoms with van der Waals surface area (Å²) in [5.74, 6) is -0.502. The molecule has 1 fully saturated rings. The molecule has 3 aromatic carbocycles. The minimum atomic E-state index is -3.97. The highest BCUT2D eigenvalue weighted by Crippen LogP contribution is 2.22. The first kappa shape index (κ1) is 26.5. The molecule has 10 heteroatoms. The number of sulfonamides is 1. The predicted octanol–water partition coefficient (Wildman–Crippen LogP) is 4.78. The molecule has 0 bridgehead atoms. The van der Waals surface area contributed by atoms with Crippen molar-refractivity contribution in [1.29, 1.82) is 0 Å². The molecule has 1 N–H and O–H groups in total. The number of likely N-dealkylation sites (tertiary alicyclic amines) is 1. The zero-order valence-corrected chi connectivity index (χ0v) is 21.6. The maximum Gasteiger partial charge on any atom is 0.410 e. The average molecular weight is 543 g/mol. The molecule has 2 amide bonds. The van der Waals surface area contributed by atoms with E-state index < -0.39 is 27.3 Å². The minimum absolute atomic E-state index is 0.113. The van der Waals surface area contributed by atoms with Crippen molar-refractivity contribution < 1.29 is 27.5 Å². The number of halogens is 1. The van der Waals surface area contributed by atoms with E-state index in [0.717, 1.165) is 11.1 Å². The first-order valence-corrected chi connectivity index (χ1v) is 13.7. The lowest BCUT2D eigenvalue weighted by Gasteiger charge is -2.31. The molecule has 4 rings (SSSR count). The van der Waals surface area contributed by atoms with Gasteiger partial charge in [0.25, 0.3) is 5.91 Å². The molecule has 37 heavy (non-hydrogen) atoms. The second kappa shape index (κ2) is 12.1. The van der Waals surface area contributed by atoms with Crippen LogP contribution in [-0.2, 0) is 28.0 Å². The van der Waals surface area contributed by atoms with Gasteiger partial charge in [0, 0.05) is 18.1 Å². The van der Waals surface area contributed by atoms with Gasteiger partial charge in [-0.05, 0) is 48.2 Å². The second-order valence-electron chi connectivity index (χ2n) is 8.61. The lowest BCUT2D eigenvalue weighted by Crippen LogP contribution is -2.46. The van der Waals surface area contributed by atoms with Gasteiger partial charge in [-0.3, -0.25) is 4.79 Å². The van der Waals surface area contributed by atoms with Crippen LogP contribution in [0.3, 0.4) is 0 Å². The molecule has 0 saturated carbocycles. The van der Waals surface area contributed by atoms with E-state index in [1.165, 1.54) is 11.0 Å². The van der Waals surface area contributed by atoms with Crippen molar-refractivity contribution in [3.05, 3.63) is 101 Å². The van der Waals surface area contributed by atoms with Gasteiger partial charge in [0.05, 0.1) is 10.8 Å². The van der Waals surface area contributed by atoms with Gasteiger partial charge in [0.15, 0.2) is 0 Å². The topological polar surface area (TPSA) is 102 Å². The van der Waals surface area contributed by atoms with E-state index in [0.29, 0.717) is 5.02 Å². The van der Waals surface area contributed by atoms with Crippen LogP contribution in [0, 0.1) is 0 Å². The number of rotatable bonds is 8. The molecule has 1 aliphatic rings. The van der Waals surface area contributed by atoms with Gasteiger partial charge in [0.2, 0.25) is 10.0 Å². The van der Waals surface area contributed by atoms with E-state index in [9.17, 15) is 18.0 Å². The Morgan fingerprint density at radius 3 is 2.19 bits per heavy atom. The summed E-state index contributed by atoms with van der Waals surface area (Å²) in [4.78, 5) is 26.8. The van der Waals surface area contributed by atoms with Crippen LogP contribution >= 0.6 is 11.6 Å². The Bertz CT molecular complexity index is 1320. The van der Waals surface area contributed by atoms with Crippen molar-refractivity contribution in [2.45, 2.75) is 31.3 Å². The Labute approximate surface area is 221 Å². The van der Waals surface area contributed by atoms with E-state index >= 15 is 0 Å². The number of amides is 2. The standard InChI is InChI=1S/C27H27ClN2O6S/c28-22-12-10-21(11-13-22)18-35-25-9-5-4-8-24(25)26(31)29-37(33,34)23-14-16-30(17-15-23)27(32)36-19-20-6-2-1-3-7-20/h1-13,23H,14-19H2,(H,29,31). The maximum absolute atomic E-state index is 13.0. The summed E-state index contributed by atoms with van der Waals surface area (Å²) < 4.78 is 39.2. The Kier molecular flexibility index (Phi) is 8.68. The van der Waals surface area contributed by atoms with Crippen molar-refractivity contribution in [1.82, 2.24) is 9.62 Å². The highest BCUT2D eigenvalue weighted by atomic mass is 35.5. The molecular formula is C27H27ClN2O6S. The van der Waals surface area contributed by atoms with Crippen LogP contribution in [0.1, 0.15) is 34.3 Å². The molecule has 0 aromatic heterocycles. The van der Waals surface area contributed by atoms with Crippen molar-refractivity contribution in [2.75, 3.05) is 13.1 Å². The van der Waals surface area contributed by atoms with Crippen LogP contribution in [0.4, 0.5) is 4.79 Å². The van der Waals surface area contributed by atoms with Crippen LogP contribution in [0.5, 0.6) is 5.75 Å². The van der Waals surface area contributed by atoms with Gasteiger partial charge in [-0.25, -0.2) is 17.9 Å². The van der Waals surface area contributed by atoms with Gasteiger partial charge in [-0.1, -0.05) is 66.2 Å². The Morgan fingerprint density at radius 2 is 1.49 bits per heavy atom. The zero-order valence-electron chi connectivity index (χ0n) is 20.0. The minimum Gasteiger partial charge on any atom is -0.488 e. The summed E-state index contributed by atoms with van der Waals surface area (Å²) in [6.45, 7) is 0.767. The van der Waals surface area contributed by atoms with E-state index in [1.807, 2.05) is 30.3 Å². The second-order valence-corrected chi connectivity index (χ2v) is 11.0. The number of piperidine rings is 1. The number of benzene rings is 3. The van der Waals surface area contributed by atoms with Crippen molar-refractivity contribution in [3.63, 3.8) is 0 Å². The number of ether oxygens (including phenoxy) is 2. The Morgan fingerprint density at radius 1 is 0.865 bits per heavy atom. The third kappa shape index (κ3) is 7.24. The monoisotopic (exact) mass is 542 g/mol. The molecule has 0 spiro atoms. The molecule has 0 atom stereocenters. The lowest BCUT2D eigenvalue weighted by atomic mass is 10.1. The Hall–Kier alpha value is -3.56. The molecule has 8 nitrogen and oxygen atoms in total. The highest BCUT2D eigenvalue weighted by Gasteiger charge is 2.33. The van der Waals surface area contributed by atoms with Gasteiger partial charge >= 0.3 is 6.09 Å². The van der Waals surface area contributed by atoms with Crippen LogP contribution in [-0.4, -0.2) is 43.7 Å². The normalized spacial score (nSPS) is 14.1. The molecule has 0 aliphatic carbocycles. The molecule has 1 aliphatic heterocycles. The van der Waals surface area contributed by atoms with Crippen LogP contribution in [0.15, 0.2) is 78.9 Å². The third-order valence-corrected chi connectivity index (χ3v) is 8.09. The SMILES string of the molecule is O=C(NS(=O)(=O)C1CCN(C(=O)OCc2ccccc2)CC1)c1ccccc1OCc1ccc(Cl)cc1. The number of nitrogens with zero attached hydrogens (tertiary/aromatic N) is 1. The first-order valence-electron chi connectivity index (χ1n) is 11.8. The predicted molar refractivity (Wildman–Crippen MR) is 140 cm³/mol. The summed E-state index contributed by atoms with van der Waals surface area (Å²) in [6.07, 6.45) is -0.106. The Balaban J connectivity index is 1.31. The van der Waals surface area contributed by atoms with Gasteiger partial charge in [-0.2, -0.15) is 0 Å². The van der Waals surface area contributed by atoms with Crippen LogP contribution in [0.25, 0.3) is 0 Å². The summed E-state index contributed by atoms with van der Waals surface area (Å²) in [7, 11) is -3.97. The van der Waals surface area contributed by atoms with Crippen molar-refractivity contribution in [3.8, 4) is 5.75 Å². The average Bonchev–Trinajstić information content (AvgIpc) is 2.92. The molecular weight excluding hydrogens is 516 g/mol. The molecule has 0 unspecified atom stereocenters. The lowest BCUT2D eigenvalue weighted by molar-refractivity contribution is 0.0892. The highest BCUT2D eigenvalue weighted by molar-refractivity contribution is 7.90. The summed E-state index contributed by atoms with van der Waals surface area (Å²) in [5, 5.41) is -0.208. The molecule has 1 saturated heterocycles. The smallest absolute Gasteiger partial charge is 0.410 e. The van der Waals surface area contributed by atoms with Crippen LogP contribution in [0.2, 0.25) is 5.02 Å².